The van der Waals surface area contributed by atoms with E-state index < -0.39 is 11.4 Å². The number of para-hydroxylation sites is 1. The molecule has 0 radical (unpaired) electrons. The fourth-order valence-corrected chi connectivity index (χ4v) is 5.67. The van der Waals surface area contributed by atoms with Gasteiger partial charge in [-0.1, -0.05) is 18.2 Å². The van der Waals surface area contributed by atoms with Crippen LogP contribution in [0.2, 0.25) is 0 Å². The van der Waals surface area contributed by atoms with Gasteiger partial charge in [0, 0.05) is 29.8 Å². The number of halogens is 1. The molecule has 1 amide bonds. The number of hydrogen-bond donors (Lipinski definition) is 2. The first-order chi connectivity index (χ1) is 20.7. The van der Waals surface area contributed by atoms with Gasteiger partial charge in [-0.3, -0.25) is 4.79 Å². The molecule has 1 saturated carbocycles. The van der Waals surface area contributed by atoms with E-state index in [0.717, 1.165) is 25.7 Å². The number of nitrogens with two attached hydrogens (primary N) is 1. The largest absolute Gasteiger partial charge is 0.457 e. The van der Waals surface area contributed by atoms with Crippen molar-refractivity contribution in [3.8, 4) is 28.8 Å². The summed E-state index contributed by atoms with van der Waals surface area (Å²) in [6.07, 6.45) is 6.79. The Kier molecular flexibility index (Phi) is 7.54. The molecule has 3 N–H and O–H groups in total. The molecule has 6 rings (SSSR count). The zero-order valence-electron chi connectivity index (χ0n) is 24.1. The van der Waals surface area contributed by atoms with Gasteiger partial charge >= 0.3 is 0 Å². The SMILES string of the molecule is CC(C)(C=C(C#N)C(=O)N1CCC[C@@H]1Cn1nc(-c2ccc(Oc3ccccc3)cc2F)c2c(N)ncnc21)NC1CC1. The molecule has 43 heavy (non-hydrogen) atoms. The van der Waals surface area contributed by atoms with Gasteiger partial charge in [-0.15, -0.1) is 0 Å². The summed E-state index contributed by atoms with van der Waals surface area (Å²) in [5.41, 5.74) is 6.87. The number of aromatic nitrogens is 4. The van der Waals surface area contributed by atoms with E-state index in [1.165, 1.54) is 12.4 Å². The fraction of sp³-hybridized carbons (Fsp3) is 0.344. The van der Waals surface area contributed by atoms with Crippen LogP contribution in [0.3, 0.4) is 0 Å². The topological polar surface area (TPSA) is 135 Å². The van der Waals surface area contributed by atoms with E-state index in [2.05, 4.69) is 21.4 Å². The van der Waals surface area contributed by atoms with Crippen LogP contribution in [-0.2, 0) is 11.3 Å². The van der Waals surface area contributed by atoms with Crippen LogP contribution in [0, 0.1) is 17.1 Å². The van der Waals surface area contributed by atoms with Gasteiger partial charge < -0.3 is 20.7 Å². The number of carbonyl (C=O) groups excluding carboxylic acids is 1. The Hall–Kier alpha value is -4.82. The molecule has 0 unspecified atom stereocenters. The van der Waals surface area contributed by atoms with Crippen molar-refractivity contribution in [2.75, 3.05) is 12.3 Å². The smallest absolute Gasteiger partial charge is 0.264 e. The zero-order chi connectivity index (χ0) is 30.1. The molecule has 1 aliphatic carbocycles. The highest BCUT2D eigenvalue weighted by Gasteiger charge is 2.34. The van der Waals surface area contributed by atoms with Crippen LogP contribution in [0.15, 0.2) is 66.5 Å². The Labute approximate surface area is 249 Å². The lowest BCUT2D eigenvalue weighted by molar-refractivity contribution is -0.127. The van der Waals surface area contributed by atoms with E-state index in [9.17, 15) is 10.1 Å². The average molecular weight is 581 g/mol. The number of fused-ring (bicyclic) bond motifs is 1. The minimum Gasteiger partial charge on any atom is -0.457 e. The number of likely N-dealkylation sites (tertiary alicyclic amines) is 1. The first kappa shape index (κ1) is 28.3. The van der Waals surface area contributed by atoms with Gasteiger partial charge in [-0.2, -0.15) is 10.4 Å². The van der Waals surface area contributed by atoms with E-state index in [1.54, 1.807) is 39.9 Å². The van der Waals surface area contributed by atoms with Gasteiger partial charge in [0.15, 0.2) is 5.65 Å². The number of hydrogen-bond acceptors (Lipinski definition) is 8. The standard InChI is InChI=1S/C32H33FN8O2/c1-32(2,38-21-10-11-21)16-20(17-34)31(42)40-14-6-7-22(40)18-41-30-27(29(35)36-19-37-30)28(39-41)25-13-12-24(15-26(25)33)43-23-8-4-3-5-9-23/h3-5,8-9,12-13,15-16,19,21-22,38H,6-7,10-11,14,18H2,1-2H3,(H2,35,36,37)/t22-/m1/s1. The summed E-state index contributed by atoms with van der Waals surface area (Å²) in [5.74, 6) is 0.274. The highest BCUT2D eigenvalue weighted by molar-refractivity contribution is 5.99. The van der Waals surface area contributed by atoms with Crippen molar-refractivity contribution in [1.29, 1.82) is 5.26 Å². The summed E-state index contributed by atoms with van der Waals surface area (Å²) in [4.78, 5) is 23.9. The monoisotopic (exact) mass is 580 g/mol. The number of nitrogen functional groups attached to an aromatic ring is 1. The van der Waals surface area contributed by atoms with Gasteiger partial charge in [0.25, 0.3) is 5.91 Å². The lowest BCUT2D eigenvalue weighted by Gasteiger charge is -2.27. The number of anilines is 1. The minimum absolute atomic E-state index is 0.113. The van der Waals surface area contributed by atoms with Crippen LogP contribution in [0.5, 0.6) is 11.5 Å². The average Bonchev–Trinajstić information content (AvgIpc) is 3.52. The van der Waals surface area contributed by atoms with Crippen molar-refractivity contribution < 1.29 is 13.9 Å². The number of nitrogens with one attached hydrogen (secondary N) is 1. The third-order valence-electron chi connectivity index (χ3n) is 7.76. The number of nitrogens with zero attached hydrogens (tertiary/aromatic N) is 6. The van der Waals surface area contributed by atoms with Crippen molar-refractivity contribution in [3.05, 3.63) is 72.3 Å². The number of carbonyl (C=O) groups is 1. The van der Waals surface area contributed by atoms with Crippen LogP contribution in [0.4, 0.5) is 10.2 Å². The Balaban J connectivity index is 1.28. The molecule has 3 heterocycles. The van der Waals surface area contributed by atoms with Crippen LogP contribution in [0.1, 0.15) is 39.5 Å². The Morgan fingerprint density at radius 1 is 1.19 bits per heavy atom. The molecule has 0 spiro atoms. The molecular weight excluding hydrogens is 547 g/mol. The molecule has 4 aromatic rings. The Bertz CT molecular complexity index is 1740. The normalized spacial score (nSPS) is 17.3. The molecule has 11 heteroatoms. The maximum atomic E-state index is 15.5. The van der Waals surface area contributed by atoms with Gasteiger partial charge in [-0.05, 0) is 69.9 Å². The fourth-order valence-electron chi connectivity index (χ4n) is 5.67. The third-order valence-corrected chi connectivity index (χ3v) is 7.76. The van der Waals surface area contributed by atoms with E-state index in [0.29, 0.717) is 47.4 Å². The molecule has 0 bridgehead atoms. The molecule has 2 aliphatic rings. The van der Waals surface area contributed by atoms with Crippen molar-refractivity contribution in [3.63, 3.8) is 0 Å². The molecule has 220 valence electrons. The summed E-state index contributed by atoms with van der Waals surface area (Å²) < 4.78 is 23.0. The van der Waals surface area contributed by atoms with Gasteiger partial charge in [0.1, 0.15) is 46.8 Å². The summed E-state index contributed by atoms with van der Waals surface area (Å²) in [7, 11) is 0. The quantitative estimate of drug-likeness (QED) is 0.209. The molecule has 2 aromatic carbocycles. The summed E-state index contributed by atoms with van der Waals surface area (Å²) in [6, 6.07) is 16.0. The molecule has 1 aliphatic heterocycles. The summed E-state index contributed by atoms with van der Waals surface area (Å²) >= 11 is 0. The highest BCUT2D eigenvalue weighted by atomic mass is 19.1. The number of amides is 1. The summed E-state index contributed by atoms with van der Waals surface area (Å²) in [5, 5.41) is 18.5. The second-order valence-corrected chi connectivity index (χ2v) is 11.6. The van der Waals surface area contributed by atoms with Gasteiger partial charge in [0.05, 0.1) is 18.0 Å². The number of ether oxygens (including phenoxy) is 1. The first-order valence-electron chi connectivity index (χ1n) is 14.4. The van der Waals surface area contributed by atoms with Crippen molar-refractivity contribution >= 4 is 22.8 Å². The Morgan fingerprint density at radius 2 is 1.98 bits per heavy atom. The predicted molar refractivity (Wildman–Crippen MR) is 160 cm³/mol. The summed E-state index contributed by atoms with van der Waals surface area (Å²) in [6.45, 7) is 4.77. The Morgan fingerprint density at radius 3 is 2.70 bits per heavy atom. The molecule has 2 fully saturated rings. The second-order valence-electron chi connectivity index (χ2n) is 11.6. The number of benzene rings is 2. The van der Waals surface area contributed by atoms with Crippen molar-refractivity contribution in [2.24, 2.45) is 0 Å². The van der Waals surface area contributed by atoms with Crippen LogP contribution in [0.25, 0.3) is 22.3 Å². The predicted octanol–water partition coefficient (Wildman–Crippen LogP) is 4.98. The minimum atomic E-state index is -0.535. The highest BCUT2D eigenvalue weighted by Crippen LogP contribution is 2.35. The second kappa shape index (κ2) is 11.5. The lowest BCUT2D eigenvalue weighted by Crippen LogP contribution is -2.42. The van der Waals surface area contributed by atoms with E-state index in [4.69, 9.17) is 15.6 Å². The molecule has 2 aromatic heterocycles. The van der Waals surface area contributed by atoms with Gasteiger partial charge in [0.2, 0.25) is 0 Å². The zero-order valence-corrected chi connectivity index (χ0v) is 24.1. The van der Waals surface area contributed by atoms with Crippen molar-refractivity contribution in [2.45, 2.75) is 63.7 Å². The first-order valence-corrected chi connectivity index (χ1v) is 14.4. The number of rotatable bonds is 9. The molecule has 1 atom stereocenters. The maximum Gasteiger partial charge on any atom is 0.264 e. The van der Waals surface area contributed by atoms with E-state index in [1.807, 2.05) is 32.0 Å². The molecule has 1 saturated heterocycles. The van der Waals surface area contributed by atoms with Gasteiger partial charge in [-0.25, -0.2) is 19.0 Å². The van der Waals surface area contributed by atoms with Crippen LogP contribution < -0.4 is 15.8 Å². The maximum absolute atomic E-state index is 15.5. The van der Waals surface area contributed by atoms with E-state index in [-0.39, 0.29) is 28.9 Å². The van der Waals surface area contributed by atoms with Crippen LogP contribution in [-0.4, -0.2) is 54.7 Å². The third kappa shape index (κ3) is 6.05. The number of nitriles is 1. The molecule has 10 nitrogen and oxygen atoms in total. The van der Waals surface area contributed by atoms with E-state index >= 15 is 4.39 Å². The lowest BCUT2D eigenvalue weighted by atomic mass is 10.0. The van der Waals surface area contributed by atoms with Crippen LogP contribution >= 0.6 is 0 Å². The van der Waals surface area contributed by atoms with Crippen molar-refractivity contribution in [1.82, 2.24) is 30.0 Å². The molecular formula is C32H33FN8O2.